The molecule has 0 unspecified atom stereocenters. The number of benzene rings is 2. The largest absolute Gasteiger partial charge is 0.381 e. The van der Waals surface area contributed by atoms with Crippen molar-refractivity contribution in [3.8, 4) is 0 Å². The predicted octanol–water partition coefficient (Wildman–Crippen LogP) is 4.26. The first-order chi connectivity index (χ1) is 10.1. The summed E-state index contributed by atoms with van der Waals surface area (Å²) in [5.74, 6) is 0.0333. The summed E-state index contributed by atoms with van der Waals surface area (Å²) in [6.07, 6.45) is 0.493. The lowest BCUT2D eigenvalue weighted by Gasteiger charge is -2.10. The molecule has 0 atom stereocenters. The van der Waals surface area contributed by atoms with E-state index in [9.17, 15) is 4.79 Å². The summed E-state index contributed by atoms with van der Waals surface area (Å²) in [5.41, 5.74) is 5.71. The van der Waals surface area contributed by atoms with Gasteiger partial charge < -0.3 is 10.6 Å². The van der Waals surface area contributed by atoms with Gasteiger partial charge in [0.05, 0.1) is 0 Å². The number of carbonyl (C=O) groups is 1. The lowest BCUT2D eigenvalue weighted by molar-refractivity contribution is -0.115. The molecule has 0 aliphatic carbocycles. The summed E-state index contributed by atoms with van der Waals surface area (Å²) in [5, 5.41) is 6.24. The average molecular weight is 282 g/mol. The maximum atomic E-state index is 11.3. The second kappa shape index (κ2) is 6.93. The molecule has 2 aromatic carbocycles. The van der Waals surface area contributed by atoms with E-state index in [-0.39, 0.29) is 5.91 Å². The number of hydrogen-bond acceptors (Lipinski definition) is 2. The van der Waals surface area contributed by atoms with Gasteiger partial charge in [0, 0.05) is 24.3 Å². The van der Waals surface area contributed by atoms with E-state index in [1.165, 1.54) is 16.7 Å². The van der Waals surface area contributed by atoms with Gasteiger partial charge in [-0.25, -0.2) is 0 Å². The summed E-state index contributed by atoms with van der Waals surface area (Å²) in [4.78, 5) is 11.3. The van der Waals surface area contributed by atoms with Crippen molar-refractivity contribution in [1.29, 1.82) is 0 Å². The zero-order chi connectivity index (χ0) is 15.2. The van der Waals surface area contributed by atoms with Crippen LogP contribution < -0.4 is 10.6 Å². The molecule has 0 aliphatic heterocycles. The topological polar surface area (TPSA) is 41.1 Å². The summed E-state index contributed by atoms with van der Waals surface area (Å²) in [6, 6.07) is 14.3. The minimum Gasteiger partial charge on any atom is -0.381 e. The minimum atomic E-state index is 0.0333. The lowest BCUT2D eigenvalue weighted by atomic mass is 10.1. The molecule has 0 bridgehead atoms. The van der Waals surface area contributed by atoms with Crippen molar-refractivity contribution in [2.45, 2.75) is 33.7 Å². The molecule has 0 saturated heterocycles. The SMILES string of the molecule is CCC(=O)Nc1ccc(NCc2cc(C)cc(C)c2)cc1. The van der Waals surface area contributed by atoms with Gasteiger partial charge in [-0.15, -0.1) is 0 Å². The fourth-order valence-electron chi connectivity index (χ4n) is 2.30. The van der Waals surface area contributed by atoms with E-state index in [1.54, 1.807) is 0 Å². The number of aryl methyl sites for hydroxylation is 2. The van der Waals surface area contributed by atoms with Gasteiger partial charge in [0.1, 0.15) is 0 Å². The van der Waals surface area contributed by atoms with Crippen LogP contribution in [0.4, 0.5) is 11.4 Å². The van der Waals surface area contributed by atoms with Crippen LogP contribution in [0.3, 0.4) is 0 Å². The molecular weight excluding hydrogens is 260 g/mol. The molecule has 0 saturated carbocycles. The van der Waals surface area contributed by atoms with Gasteiger partial charge in [-0.3, -0.25) is 4.79 Å². The summed E-state index contributed by atoms with van der Waals surface area (Å²) >= 11 is 0. The van der Waals surface area contributed by atoms with Gasteiger partial charge >= 0.3 is 0 Å². The molecule has 3 heteroatoms. The lowest BCUT2D eigenvalue weighted by Crippen LogP contribution is -2.09. The number of hydrogen-bond donors (Lipinski definition) is 2. The molecule has 2 rings (SSSR count). The third-order valence-corrected chi connectivity index (χ3v) is 3.27. The van der Waals surface area contributed by atoms with E-state index >= 15 is 0 Å². The third-order valence-electron chi connectivity index (χ3n) is 3.27. The fraction of sp³-hybridized carbons (Fsp3) is 0.278. The van der Waals surface area contributed by atoms with E-state index in [0.717, 1.165) is 17.9 Å². The maximum Gasteiger partial charge on any atom is 0.224 e. The number of amides is 1. The molecule has 0 aliphatic rings. The van der Waals surface area contributed by atoms with E-state index in [1.807, 2.05) is 31.2 Å². The Morgan fingerprint density at radius 2 is 1.52 bits per heavy atom. The first-order valence-corrected chi connectivity index (χ1v) is 7.28. The second-order valence-electron chi connectivity index (χ2n) is 5.33. The molecular formula is C18H22N2O. The fourth-order valence-corrected chi connectivity index (χ4v) is 2.30. The van der Waals surface area contributed by atoms with Gasteiger partial charge in [0.25, 0.3) is 0 Å². The van der Waals surface area contributed by atoms with Gasteiger partial charge in [0.15, 0.2) is 0 Å². The van der Waals surface area contributed by atoms with Crippen LogP contribution in [0.1, 0.15) is 30.0 Å². The van der Waals surface area contributed by atoms with Gasteiger partial charge in [0.2, 0.25) is 5.91 Å². The molecule has 0 aromatic heterocycles. The Morgan fingerprint density at radius 1 is 0.952 bits per heavy atom. The van der Waals surface area contributed by atoms with Crippen LogP contribution in [0, 0.1) is 13.8 Å². The van der Waals surface area contributed by atoms with Crippen molar-refractivity contribution in [3.05, 3.63) is 59.2 Å². The summed E-state index contributed by atoms with van der Waals surface area (Å²) in [6.45, 7) is 6.86. The highest BCUT2D eigenvalue weighted by molar-refractivity contribution is 5.90. The molecule has 110 valence electrons. The Hall–Kier alpha value is -2.29. The maximum absolute atomic E-state index is 11.3. The molecule has 2 aromatic rings. The van der Waals surface area contributed by atoms with Crippen molar-refractivity contribution in [2.75, 3.05) is 10.6 Å². The average Bonchev–Trinajstić information content (AvgIpc) is 2.45. The van der Waals surface area contributed by atoms with Gasteiger partial charge in [-0.2, -0.15) is 0 Å². The molecule has 21 heavy (non-hydrogen) atoms. The van der Waals surface area contributed by atoms with Crippen molar-refractivity contribution < 1.29 is 4.79 Å². The molecule has 0 spiro atoms. The van der Waals surface area contributed by atoms with Crippen molar-refractivity contribution in [1.82, 2.24) is 0 Å². The Kier molecular flexibility index (Phi) is 4.99. The van der Waals surface area contributed by atoms with Crippen molar-refractivity contribution in [2.24, 2.45) is 0 Å². The standard InChI is InChI=1S/C18H22N2O/c1-4-18(21)20-17-7-5-16(6-8-17)19-12-15-10-13(2)9-14(3)11-15/h5-11,19H,4,12H2,1-3H3,(H,20,21). The highest BCUT2D eigenvalue weighted by Crippen LogP contribution is 2.16. The van der Waals surface area contributed by atoms with Crippen molar-refractivity contribution >= 4 is 17.3 Å². The zero-order valence-electron chi connectivity index (χ0n) is 12.9. The monoisotopic (exact) mass is 282 g/mol. The van der Waals surface area contributed by atoms with E-state index in [2.05, 4.69) is 42.7 Å². The molecule has 0 heterocycles. The molecule has 1 amide bonds. The minimum absolute atomic E-state index is 0.0333. The Morgan fingerprint density at radius 3 is 2.10 bits per heavy atom. The van der Waals surface area contributed by atoms with E-state index in [0.29, 0.717) is 6.42 Å². The summed E-state index contributed by atoms with van der Waals surface area (Å²) < 4.78 is 0. The molecule has 2 N–H and O–H groups in total. The number of carbonyl (C=O) groups excluding carboxylic acids is 1. The number of anilines is 2. The van der Waals surface area contributed by atoms with Crippen LogP contribution in [0.15, 0.2) is 42.5 Å². The van der Waals surface area contributed by atoms with Crippen LogP contribution in [0.5, 0.6) is 0 Å². The Labute approximate surface area is 126 Å². The highest BCUT2D eigenvalue weighted by atomic mass is 16.1. The Bertz CT molecular complexity index is 597. The van der Waals surface area contributed by atoms with Crippen LogP contribution in [0.25, 0.3) is 0 Å². The smallest absolute Gasteiger partial charge is 0.224 e. The molecule has 3 nitrogen and oxygen atoms in total. The predicted molar refractivity (Wildman–Crippen MR) is 88.6 cm³/mol. The Balaban J connectivity index is 1.95. The number of rotatable bonds is 5. The van der Waals surface area contributed by atoms with Crippen molar-refractivity contribution in [3.63, 3.8) is 0 Å². The van der Waals surface area contributed by atoms with Crippen LogP contribution >= 0.6 is 0 Å². The zero-order valence-corrected chi connectivity index (χ0v) is 12.9. The molecule has 0 radical (unpaired) electrons. The number of nitrogens with one attached hydrogen (secondary N) is 2. The van der Waals surface area contributed by atoms with Crippen LogP contribution in [-0.2, 0) is 11.3 Å². The third kappa shape index (κ3) is 4.63. The second-order valence-corrected chi connectivity index (χ2v) is 5.33. The first-order valence-electron chi connectivity index (χ1n) is 7.28. The van der Waals surface area contributed by atoms with Gasteiger partial charge in [-0.1, -0.05) is 36.2 Å². The summed E-state index contributed by atoms with van der Waals surface area (Å²) in [7, 11) is 0. The van der Waals surface area contributed by atoms with E-state index < -0.39 is 0 Å². The quantitative estimate of drug-likeness (QED) is 0.860. The normalized spacial score (nSPS) is 10.2. The van der Waals surface area contributed by atoms with Crippen LogP contribution in [-0.4, -0.2) is 5.91 Å². The highest BCUT2D eigenvalue weighted by Gasteiger charge is 2.00. The van der Waals surface area contributed by atoms with E-state index in [4.69, 9.17) is 0 Å². The first kappa shape index (κ1) is 15.1. The molecule has 0 fully saturated rings. The van der Waals surface area contributed by atoms with Crippen LogP contribution in [0.2, 0.25) is 0 Å². The van der Waals surface area contributed by atoms with Gasteiger partial charge in [-0.05, 0) is 43.7 Å².